The molecule has 0 N–H and O–H groups in total. The van der Waals surface area contributed by atoms with Crippen LogP contribution >= 0.6 is 15.9 Å². The third-order valence-electron chi connectivity index (χ3n) is 4.90. The average molecular weight is 523 g/mol. The lowest BCUT2D eigenvalue weighted by Crippen LogP contribution is -2.29. The molecule has 3 aromatic rings. The molecule has 7 nitrogen and oxygen atoms in total. The van der Waals surface area contributed by atoms with Crippen molar-refractivity contribution in [2.24, 2.45) is 5.10 Å². The van der Waals surface area contributed by atoms with Gasteiger partial charge in [-0.3, -0.25) is 4.79 Å². The van der Waals surface area contributed by atoms with Crippen LogP contribution < -0.4 is 15.0 Å². The van der Waals surface area contributed by atoms with Crippen LogP contribution in [0.2, 0.25) is 0 Å². The van der Waals surface area contributed by atoms with Crippen LogP contribution in [-0.2, 0) is 11.8 Å². The van der Waals surface area contributed by atoms with Gasteiger partial charge in [-0.15, -0.1) is 6.58 Å². The molecule has 0 spiro atoms. The Hall–Kier alpha value is -3.44. The van der Waals surface area contributed by atoms with E-state index in [1.165, 1.54) is 4.68 Å². The van der Waals surface area contributed by atoms with Gasteiger partial charge in [0, 0.05) is 15.5 Å². The molecule has 0 saturated carbocycles. The fourth-order valence-electron chi connectivity index (χ4n) is 3.46. The molecule has 34 heavy (non-hydrogen) atoms. The Kier molecular flexibility index (Phi) is 7.90. The highest BCUT2D eigenvalue weighted by Gasteiger charge is 2.23. The van der Waals surface area contributed by atoms with Crippen molar-refractivity contribution < 1.29 is 9.47 Å². The van der Waals surface area contributed by atoms with Gasteiger partial charge in [0.2, 0.25) is 0 Å². The molecule has 0 amide bonds. The highest BCUT2D eigenvalue weighted by molar-refractivity contribution is 9.10. The molecule has 0 aliphatic rings. The van der Waals surface area contributed by atoms with Crippen molar-refractivity contribution in [1.29, 1.82) is 5.26 Å². The number of hydrogen-bond donors (Lipinski definition) is 0. The molecule has 0 atom stereocenters. The van der Waals surface area contributed by atoms with Gasteiger partial charge < -0.3 is 9.47 Å². The average Bonchev–Trinajstić information content (AvgIpc) is 2.78. The first-order valence-electron chi connectivity index (χ1n) is 10.9. The van der Waals surface area contributed by atoms with Gasteiger partial charge >= 0.3 is 0 Å². The topological polar surface area (TPSA) is 89.5 Å². The van der Waals surface area contributed by atoms with Crippen LogP contribution in [0.3, 0.4) is 0 Å². The van der Waals surface area contributed by atoms with E-state index in [4.69, 9.17) is 19.7 Å². The quantitative estimate of drug-likeness (QED) is 0.293. The number of fused-ring (bicyclic) bond motifs is 1. The second kappa shape index (κ2) is 10.7. The van der Waals surface area contributed by atoms with Gasteiger partial charge in [0.1, 0.15) is 11.9 Å². The van der Waals surface area contributed by atoms with Crippen LogP contribution in [0.4, 0.5) is 0 Å². The first kappa shape index (κ1) is 25.2. The lowest BCUT2D eigenvalue weighted by Gasteiger charge is -2.21. The summed E-state index contributed by atoms with van der Waals surface area (Å²) < 4.78 is 13.5. The maximum Gasteiger partial charge on any atom is 0.282 e. The molecule has 0 aliphatic heterocycles. The zero-order valence-electron chi connectivity index (χ0n) is 19.8. The van der Waals surface area contributed by atoms with Crippen LogP contribution in [0.15, 0.2) is 57.4 Å². The predicted molar refractivity (Wildman–Crippen MR) is 138 cm³/mol. The van der Waals surface area contributed by atoms with E-state index >= 15 is 0 Å². The van der Waals surface area contributed by atoms with Crippen molar-refractivity contribution in [2.75, 3.05) is 13.2 Å². The second-order valence-electron chi connectivity index (χ2n) is 8.59. The minimum atomic E-state index is -0.419. The van der Waals surface area contributed by atoms with Crippen molar-refractivity contribution in [3.63, 3.8) is 0 Å². The van der Waals surface area contributed by atoms with Gasteiger partial charge in [-0.25, -0.2) is 4.98 Å². The van der Waals surface area contributed by atoms with E-state index in [-0.39, 0.29) is 12.2 Å². The van der Waals surface area contributed by atoms with E-state index in [2.05, 4.69) is 27.6 Å². The molecule has 1 aromatic heterocycles. The number of rotatable bonds is 8. The largest absolute Gasteiger partial charge is 0.490 e. The van der Waals surface area contributed by atoms with Crippen LogP contribution in [0.5, 0.6) is 11.5 Å². The Labute approximate surface area is 207 Å². The number of nitriles is 1. The standard InChI is InChI=1S/C26H27BrN4O3/c1-6-8-18-13-17(14-22(33-7-2)23(18)34-12-11-28)16-29-31-24(32)20-15-19(27)9-10-21(20)30-25(31)26(3,4)5/h6,9-10,13-16H,1,7-8,12H2,2-5H3. The number of nitrogens with zero attached hydrogens (tertiary/aromatic N) is 4. The monoisotopic (exact) mass is 522 g/mol. The molecule has 0 aliphatic carbocycles. The van der Waals surface area contributed by atoms with Crippen molar-refractivity contribution in [1.82, 2.24) is 9.66 Å². The van der Waals surface area contributed by atoms with Gasteiger partial charge in [0.05, 0.1) is 23.7 Å². The van der Waals surface area contributed by atoms with Crippen molar-refractivity contribution in [3.8, 4) is 17.6 Å². The lowest BCUT2D eigenvalue weighted by atomic mass is 9.95. The lowest BCUT2D eigenvalue weighted by molar-refractivity contribution is 0.297. The SMILES string of the molecule is C=CCc1cc(C=Nn2c(C(C)(C)C)nc3ccc(Br)cc3c2=O)cc(OCC)c1OCC#N. The summed E-state index contributed by atoms with van der Waals surface area (Å²) in [6.07, 6.45) is 3.87. The predicted octanol–water partition coefficient (Wildman–Crippen LogP) is 5.37. The number of ether oxygens (including phenoxy) is 2. The van der Waals surface area contributed by atoms with E-state index in [0.29, 0.717) is 46.8 Å². The Morgan fingerprint density at radius 3 is 2.68 bits per heavy atom. The summed E-state index contributed by atoms with van der Waals surface area (Å²) in [5.74, 6) is 1.56. The molecule has 3 rings (SSSR count). The van der Waals surface area contributed by atoms with Crippen molar-refractivity contribution in [2.45, 2.75) is 39.5 Å². The second-order valence-corrected chi connectivity index (χ2v) is 9.50. The smallest absolute Gasteiger partial charge is 0.282 e. The first-order chi connectivity index (χ1) is 16.2. The van der Waals surface area contributed by atoms with Crippen LogP contribution in [0.1, 0.15) is 44.6 Å². The van der Waals surface area contributed by atoms with E-state index < -0.39 is 5.41 Å². The van der Waals surface area contributed by atoms with Gasteiger partial charge in [-0.05, 0) is 49.2 Å². The van der Waals surface area contributed by atoms with Crippen LogP contribution in [-0.4, -0.2) is 29.1 Å². The van der Waals surface area contributed by atoms with Gasteiger partial charge in [-0.1, -0.05) is 42.8 Å². The third kappa shape index (κ3) is 5.54. The molecule has 8 heteroatoms. The molecule has 0 radical (unpaired) electrons. The summed E-state index contributed by atoms with van der Waals surface area (Å²) in [5.41, 5.74) is 1.47. The molecule has 2 aromatic carbocycles. The molecule has 0 unspecified atom stereocenters. The minimum Gasteiger partial charge on any atom is -0.490 e. The molecular weight excluding hydrogens is 496 g/mol. The Balaban J connectivity index is 2.19. The number of aromatic nitrogens is 2. The number of benzene rings is 2. The van der Waals surface area contributed by atoms with Gasteiger partial charge in [0.15, 0.2) is 18.1 Å². The first-order valence-corrected chi connectivity index (χ1v) is 11.7. The van der Waals surface area contributed by atoms with E-state index in [0.717, 1.165) is 10.0 Å². The molecule has 1 heterocycles. The van der Waals surface area contributed by atoms with Gasteiger partial charge in [0.25, 0.3) is 5.56 Å². The Morgan fingerprint density at radius 1 is 1.26 bits per heavy atom. The highest BCUT2D eigenvalue weighted by Crippen LogP contribution is 2.33. The Morgan fingerprint density at radius 2 is 2.03 bits per heavy atom. The summed E-state index contributed by atoms with van der Waals surface area (Å²) in [5, 5.41) is 14.0. The van der Waals surface area contributed by atoms with E-state index in [9.17, 15) is 4.79 Å². The highest BCUT2D eigenvalue weighted by atomic mass is 79.9. The molecule has 0 saturated heterocycles. The van der Waals surface area contributed by atoms with E-state index in [1.807, 2.05) is 52.0 Å². The van der Waals surface area contributed by atoms with Crippen LogP contribution in [0, 0.1) is 11.3 Å². The zero-order valence-corrected chi connectivity index (χ0v) is 21.3. The molecular formula is C26H27BrN4O3. The Bertz CT molecular complexity index is 1350. The molecule has 0 bridgehead atoms. The summed E-state index contributed by atoms with van der Waals surface area (Å²) in [4.78, 5) is 18.1. The maximum absolute atomic E-state index is 13.4. The number of hydrogen-bond acceptors (Lipinski definition) is 6. The molecule has 0 fully saturated rings. The fraction of sp³-hybridized carbons (Fsp3) is 0.308. The maximum atomic E-state index is 13.4. The van der Waals surface area contributed by atoms with Crippen LogP contribution in [0.25, 0.3) is 10.9 Å². The summed E-state index contributed by atoms with van der Waals surface area (Å²) >= 11 is 3.43. The van der Waals surface area contributed by atoms with Crippen molar-refractivity contribution in [3.05, 3.63) is 74.8 Å². The normalized spacial score (nSPS) is 11.5. The number of allylic oxidation sites excluding steroid dienone is 1. The number of halogens is 1. The summed E-state index contributed by atoms with van der Waals surface area (Å²) in [6.45, 7) is 12.0. The van der Waals surface area contributed by atoms with E-state index in [1.54, 1.807) is 24.4 Å². The zero-order chi connectivity index (χ0) is 24.9. The van der Waals surface area contributed by atoms with Gasteiger partial charge in [-0.2, -0.15) is 15.0 Å². The summed E-state index contributed by atoms with van der Waals surface area (Å²) in [7, 11) is 0. The summed E-state index contributed by atoms with van der Waals surface area (Å²) in [6, 6.07) is 11.1. The minimum absolute atomic E-state index is 0.0969. The fourth-order valence-corrected chi connectivity index (χ4v) is 3.82. The van der Waals surface area contributed by atoms with Crippen molar-refractivity contribution >= 4 is 33.0 Å². The molecule has 176 valence electrons. The third-order valence-corrected chi connectivity index (χ3v) is 5.39.